The van der Waals surface area contributed by atoms with Crippen molar-refractivity contribution < 1.29 is 12.9 Å². The van der Waals surface area contributed by atoms with Crippen LogP contribution in [0.1, 0.15) is 135 Å². The SMILES string of the molecule is [Cl][Ru]([C]1=CC=CC1)(=[C]1N(C2CCCCC2)CCN1C1CCCCC1)=[C]1N(C2CCCCC2)CCN1C1CCCCC1. The van der Waals surface area contributed by atoms with E-state index in [0.717, 1.165) is 6.42 Å². The fraction of sp³-hybridized carbons (Fsp3) is 0.829. The molecule has 0 atom stereocenters. The van der Waals surface area contributed by atoms with Crippen LogP contribution in [0.25, 0.3) is 0 Å². The van der Waals surface area contributed by atoms with Crippen molar-refractivity contribution in [1.29, 1.82) is 0 Å². The van der Waals surface area contributed by atoms with E-state index in [-0.39, 0.29) is 0 Å². The van der Waals surface area contributed by atoms with E-state index in [9.17, 15) is 0 Å². The van der Waals surface area contributed by atoms with Gasteiger partial charge in [-0.3, -0.25) is 0 Å². The molecule has 232 valence electrons. The Morgan fingerprint density at radius 1 is 0.488 bits per heavy atom. The van der Waals surface area contributed by atoms with Crippen molar-refractivity contribution in [3.8, 4) is 0 Å². The fourth-order valence-electron chi connectivity index (χ4n) is 9.44. The molecule has 0 bridgehead atoms. The Kier molecular flexibility index (Phi) is 9.80. The monoisotopic (exact) mass is 670 g/mol. The van der Waals surface area contributed by atoms with E-state index in [1.807, 2.05) is 0 Å². The molecule has 0 unspecified atom stereocenters. The van der Waals surface area contributed by atoms with Gasteiger partial charge in [-0.25, -0.2) is 0 Å². The van der Waals surface area contributed by atoms with Crippen LogP contribution in [0, 0.1) is 0 Å². The van der Waals surface area contributed by atoms with Gasteiger partial charge in [0.1, 0.15) is 0 Å². The van der Waals surface area contributed by atoms with Crippen LogP contribution < -0.4 is 0 Å². The molecule has 5 aliphatic carbocycles. The molecule has 41 heavy (non-hydrogen) atoms. The summed E-state index contributed by atoms with van der Waals surface area (Å²) in [5, 5.41) is 0. The molecule has 0 amide bonds. The van der Waals surface area contributed by atoms with Crippen LogP contribution in [0.5, 0.6) is 0 Å². The third-order valence-corrected chi connectivity index (χ3v) is 20.4. The van der Waals surface area contributed by atoms with Gasteiger partial charge in [0, 0.05) is 0 Å². The van der Waals surface area contributed by atoms with Crippen LogP contribution in [0.2, 0.25) is 0 Å². The van der Waals surface area contributed by atoms with Gasteiger partial charge in [0.2, 0.25) is 0 Å². The standard InChI is InChI=1S/2C15H26N2.C5H5.ClH.Ru/c2*1-3-7-14(8-4-1)16-11-12-17(13-16)15-9-5-2-6-10-15;1-2-4-5-3-1;;/h2*14-15H,1-12H2;1-3H,4H2;1H;/q;;;;+1/p-1. The first-order chi connectivity index (χ1) is 20.2. The molecule has 0 aromatic rings. The summed E-state index contributed by atoms with van der Waals surface area (Å²) < 4.78 is 5.00. The van der Waals surface area contributed by atoms with Gasteiger partial charge in [-0.05, 0) is 0 Å². The average molecular weight is 670 g/mol. The maximum atomic E-state index is 8.83. The summed E-state index contributed by atoms with van der Waals surface area (Å²) in [5.74, 6) is 0. The van der Waals surface area contributed by atoms with Crippen LogP contribution in [-0.4, -0.2) is 78.7 Å². The molecule has 0 radical (unpaired) electrons. The van der Waals surface area contributed by atoms with Gasteiger partial charge < -0.3 is 0 Å². The summed E-state index contributed by atoms with van der Waals surface area (Å²) in [5.41, 5.74) is 0. The molecule has 6 heteroatoms. The minimum absolute atomic E-state index is 0.703. The zero-order valence-corrected chi connectivity index (χ0v) is 28.2. The van der Waals surface area contributed by atoms with Crippen molar-refractivity contribution in [2.45, 2.75) is 159 Å². The molecule has 0 aromatic heterocycles. The van der Waals surface area contributed by atoms with Gasteiger partial charge in [0.15, 0.2) is 0 Å². The van der Waals surface area contributed by atoms with Crippen LogP contribution >= 0.6 is 9.69 Å². The van der Waals surface area contributed by atoms with Crippen molar-refractivity contribution in [3.05, 3.63) is 22.4 Å². The van der Waals surface area contributed by atoms with Gasteiger partial charge >= 0.3 is 258 Å². The van der Waals surface area contributed by atoms with Crippen LogP contribution in [0.3, 0.4) is 0 Å². The topological polar surface area (TPSA) is 13.0 Å². The first-order valence-electron chi connectivity index (χ1n) is 17.8. The van der Waals surface area contributed by atoms with E-state index < -0.39 is 12.9 Å². The van der Waals surface area contributed by atoms with E-state index in [1.54, 1.807) is 12.9 Å². The summed E-state index contributed by atoms with van der Waals surface area (Å²) in [7, 11) is 8.83. The number of hydrogen-bond donors (Lipinski definition) is 0. The summed E-state index contributed by atoms with van der Waals surface area (Å²) in [6, 6.07) is 2.81. The van der Waals surface area contributed by atoms with Crippen LogP contribution in [-0.2, 0) is 12.9 Å². The van der Waals surface area contributed by atoms with E-state index in [4.69, 9.17) is 9.69 Å². The number of rotatable bonds is 5. The molecule has 0 spiro atoms. The number of halogens is 1. The second kappa shape index (κ2) is 13.5. The molecule has 2 aliphatic heterocycles. The van der Waals surface area contributed by atoms with E-state index in [1.165, 1.54) is 155 Å². The maximum absolute atomic E-state index is 8.83. The predicted octanol–water partition coefficient (Wildman–Crippen LogP) is 7.88. The Labute approximate surface area is 257 Å². The predicted molar refractivity (Wildman–Crippen MR) is 172 cm³/mol. The van der Waals surface area contributed by atoms with Gasteiger partial charge in [0.25, 0.3) is 0 Å². The molecule has 2 saturated heterocycles. The molecule has 4 saturated carbocycles. The summed E-state index contributed by atoms with van der Waals surface area (Å²) in [4.78, 5) is 11.9. The van der Waals surface area contributed by atoms with Crippen LogP contribution in [0.15, 0.2) is 22.4 Å². The Balaban J connectivity index is 1.47. The van der Waals surface area contributed by atoms with Crippen molar-refractivity contribution >= 4 is 18.4 Å². The van der Waals surface area contributed by atoms with Crippen molar-refractivity contribution in [2.24, 2.45) is 0 Å². The van der Waals surface area contributed by atoms with Crippen molar-refractivity contribution in [2.75, 3.05) is 26.2 Å². The van der Waals surface area contributed by atoms with Gasteiger partial charge in [0.05, 0.1) is 0 Å². The van der Waals surface area contributed by atoms with Gasteiger partial charge in [-0.1, -0.05) is 0 Å². The van der Waals surface area contributed by atoms with Crippen LogP contribution in [0.4, 0.5) is 0 Å². The number of hydrogen-bond acceptors (Lipinski definition) is 4. The number of allylic oxidation sites excluding steroid dienone is 4. The first kappa shape index (κ1) is 29.7. The van der Waals surface area contributed by atoms with Crippen molar-refractivity contribution in [1.82, 2.24) is 19.6 Å². The third kappa shape index (κ3) is 5.88. The second-order valence-corrected chi connectivity index (χ2v) is 21.5. The first-order valence-corrected chi connectivity index (χ1v) is 22.7. The molecular weight excluding hydrogens is 613 g/mol. The Morgan fingerprint density at radius 2 is 0.805 bits per heavy atom. The van der Waals surface area contributed by atoms with E-state index in [2.05, 4.69) is 37.8 Å². The summed E-state index contributed by atoms with van der Waals surface area (Å²) in [6.45, 7) is 4.86. The molecule has 2 heterocycles. The van der Waals surface area contributed by atoms with Crippen molar-refractivity contribution in [3.63, 3.8) is 0 Å². The Morgan fingerprint density at radius 3 is 1.07 bits per heavy atom. The number of nitrogens with zero attached hydrogens (tertiary/aromatic N) is 4. The molecular formula is C35H57ClN4Ru. The van der Waals surface area contributed by atoms with Gasteiger partial charge in [-0.15, -0.1) is 0 Å². The summed E-state index contributed by atoms with van der Waals surface area (Å²) >= 11 is -3.22. The molecule has 0 aromatic carbocycles. The Hall–Kier alpha value is -0.0266. The Bertz CT molecular complexity index is 971. The average Bonchev–Trinajstić information content (AvgIpc) is 3.83. The fourth-order valence-corrected chi connectivity index (χ4v) is 19.2. The molecule has 7 aliphatic rings. The molecule has 0 N–H and O–H groups in total. The third-order valence-electron chi connectivity index (χ3n) is 11.6. The zero-order valence-electron chi connectivity index (χ0n) is 25.7. The summed E-state index contributed by atoms with van der Waals surface area (Å²) in [6.07, 6.45) is 36.3. The van der Waals surface area contributed by atoms with Gasteiger partial charge in [-0.2, -0.15) is 0 Å². The zero-order chi connectivity index (χ0) is 27.6. The molecule has 6 fully saturated rings. The molecule has 7 rings (SSSR count). The molecule has 4 nitrogen and oxygen atoms in total. The van der Waals surface area contributed by atoms with E-state index >= 15 is 0 Å². The second-order valence-electron chi connectivity index (χ2n) is 14.2. The normalized spacial score (nSPS) is 30.6. The minimum atomic E-state index is -3.22. The van der Waals surface area contributed by atoms with E-state index in [0.29, 0.717) is 24.2 Å². The quantitative estimate of drug-likeness (QED) is 0.276.